The fraction of sp³-hybridized carbons (Fsp3) is 0.400. The summed E-state index contributed by atoms with van der Waals surface area (Å²) in [5, 5.41) is 1.26. The van der Waals surface area contributed by atoms with Gasteiger partial charge in [-0.25, -0.2) is 4.98 Å². The second-order valence-corrected chi connectivity index (χ2v) is 6.21. The molecule has 1 saturated carbocycles. The Balaban J connectivity index is 2.10. The van der Waals surface area contributed by atoms with Gasteiger partial charge in [0, 0.05) is 23.6 Å². The predicted octanol–water partition coefficient (Wildman–Crippen LogP) is 4.63. The van der Waals surface area contributed by atoms with Crippen LogP contribution in [-0.4, -0.2) is 9.55 Å². The highest BCUT2D eigenvalue weighted by Gasteiger charge is 2.25. The van der Waals surface area contributed by atoms with Crippen molar-refractivity contribution in [3.05, 3.63) is 34.1 Å². The van der Waals surface area contributed by atoms with Gasteiger partial charge in [0.15, 0.2) is 0 Å². The molecule has 1 aliphatic carbocycles. The molecule has 1 fully saturated rings. The van der Waals surface area contributed by atoms with E-state index in [2.05, 4.69) is 0 Å². The van der Waals surface area contributed by atoms with Gasteiger partial charge in [0.1, 0.15) is 17.3 Å². The van der Waals surface area contributed by atoms with Crippen LogP contribution in [0.5, 0.6) is 0 Å². The Labute approximate surface area is 128 Å². The lowest BCUT2D eigenvalue weighted by atomic mass is 10.1. The zero-order chi connectivity index (χ0) is 14.3. The number of halogens is 2. The molecule has 0 spiro atoms. The zero-order valence-corrected chi connectivity index (χ0v) is 12.9. The number of anilines is 1. The molecule has 0 aliphatic heterocycles. The van der Waals surface area contributed by atoms with Gasteiger partial charge in [0.05, 0.1) is 5.02 Å². The van der Waals surface area contributed by atoms with Gasteiger partial charge >= 0.3 is 0 Å². The Morgan fingerprint density at radius 3 is 2.65 bits per heavy atom. The minimum atomic E-state index is 0.508. The van der Waals surface area contributed by atoms with Crippen LogP contribution in [0.2, 0.25) is 10.0 Å². The van der Waals surface area contributed by atoms with Crippen LogP contribution in [0.3, 0.4) is 0 Å². The number of nitrogens with two attached hydrogens (primary N) is 1. The summed E-state index contributed by atoms with van der Waals surface area (Å²) in [6.45, 7) is 0. The third-order valence-corrected chi connectivity index (χ3v) is 4.64. The SMILES string of the molecule is Cn1c(C2CCCC2)nc(-c2cc(Cl)ccc2Cl)c1N. The number of hydrogen-bond donors (Lipinski definition) is 1. The molecule has 3 nitrogen and oxygen atoms in total. The number of benzene rings is 1. The van der Waals surface area contributed by atoms with Crippen LogP contribution in [0.25, 0.3) is 11.3 Å². The molecule has 5 heteroatoms. The van der Waals surface area contributed by atoms with Gasteiger partial charge in [-0.1, -0.05) is 36.0 Å². The maximum atomic E-state index is 6.26. The molecule has 106 valence electrons. The van der Waals surface area contributed by atoms with E-state index in [1.165, 1.54) is 25.7 Å². The highest BCUT2D eigenvalue weighted by atomic mass is 35.5. The van der Waals surface area contributed by atoms with Gasteiger partial charge < -0.3 is 10.3 Å². The summed E-state index contributed by atoms with van der Waals surface area (Å²) < 4.78 is 1.99. The summed E-state index contributed by atoms with van der Waals surface area (Å²) in [7, 11) is 1.97. The third-order valence-electron chi connectivity index (χ3n) is 4.08. The summed E-state index contributed by atoms with van der Waals surface area (Å²) in [5.41, 5.74) is 7.76. The van der Waals surface area contributed by atoms with E-state index < -0.39 is 0 Å². The van der Waals surface area contributed by atoms with Crippen LogP contribution >= 0.6 is 23.2 Å². The smallest absolute Gasteiger partial charge is 0.131 e. The van der Waals surface area contributed by atoms with Gasteiger partial charge in [0.25, 0.3) is 0 Å². The van der Waals surface area contributed by atoms with E-state index >= 15 is 0 Å². The van der Waals surface area contributed by atoms with Gasteiger partial charge in [-0.3, -0.25) is 0 Å². The monoisotopic (exact) mass is 309 g/mol. The van der Waals surface area contributed by atoms with E-state index in [4.69, 9.17) is 33.9 Å². The van der Waals surface area contributed by atoms with Crippen molar-refractivity contribution in [1.82, 2.24) is 9.55 Å². The lowest BCUT2D eigenvalue weighted by molar-refractivity contribution is 0.635. The first-order chi connectivity index (χ1) is 9.58. The molecular weight excluding hydrogens is 293 g/mol. The average Bonchev–Trinajstić information content (AvgIpc) is 3.04. The van der Waals surface area contributed by atoms with E-state index in [-0.39, 0.29) is 0 Å². The quantitative estimate of drug-likeness (QED) is 0.878. The Hall–Kier alpha value is -1.19. The van der Waals surface area contributed by atoms with Crippen molar-refractivity contribution in [2.24, 2.45) is 7.05 Å². The van der Waals surface area contributed by atoms with E-state index in [1.807, 2.05) is 17.7 Å². The largest absolute Gasteiger partial charge is 0.383 e. The van der Waals surface area contributed by atoms with E-state index in [1.54, 1.807) is 12.1 Å². The molecule has 0 bridgehead atoms. The maximum Gasteiger partial charge on any atom is 0.131 e. The molecule has 0 saturated heterocycles. The highest BCUT2D eigenvalue weighted by molar-refractivity contribution is 6.35. The molecule has 1 aromatic carbocycles. The number of hydrogen-bond acceptors (Lipinski definition) is 2. The van der Waals surface area contributed by atoms with Gasteiger partial charge in [-0.15, -0.1) is 0 Å². The minimum absolute atomic E-state index is 0.508. The second kappa shape index (κ2) is 5.30. The first-order valence-electron chi connectivity index (χ1n) is 6.85. The van der Waals surface area contributed by atoms with Crippen molar-refractivity contribution >= 4 is 29.0 Å². The molecule has 1 aliphatic rings. The summed E-state index contributed by atoms with van der Waals surface area (Å²) >= 11 is 12.3. The Kier molecular flexibility index (Phi) is 3.65. The number of nitrogen functional groups attached to an aromatic ring is 1. The highest BCUT2D eigenvalue weighted by Crippen LogP contribution is 2.39. The van der Waals surface area contributed by atoms with Gasteiger partial charge in [-0.05, 0) is 31.0 Å². The second-order valence-electron chi connectivity index (χ2n) is 5.37. The van der Waals surface area contributed by atoms with Crippen LogP contribution in [0.4, 0.5) is 5.82 Å². The van der Waals surface area contributed by atoms with Crippen molar-refractivity contribution in [2.45, 2.75) is 31.6 Å². The van der Waals surface area contributed by atoms with E-state index in [9.17, 15) is 0 Å². The standard InChI is InChI=1S/C15H17Cl2N3/c1-20-14(18)13(11-8-10(16)6-7-12(11)17)19-15(20)9-4-2-3-5-9/h6-9H,2-5,18H2,1H3. The Morgan fingerprint density at radius 1 is 1.25 bits per heavy atom. The van der Waals surface area contributed by atoms with Crippen LogP contribution in [0.1, 0.15) is 37.4 Å². The van der Waals surface area contributed by atoms with E-state index in [0.29, 0.717) is 21.8 Å². The van der Waals surface area contributed by atoms with Gasteiger partial charge in [-0.2, -0.15) is 0 Å². The topological polar surface area (TPSA) is 43.8 Å². The fourth-order valence-electron chi connectivity index (χ4n) is 2.96. The van der Waals surface area contributed by atoms with Crippen LogP contribution in [0, 0.1) is 0 Å². The van der Waals surface area contributed by atoms with Crippen LogP contribution < -0.4 is 5.73 Å². The normalized spacial score (nSPS) is 15.9. The number of imidazole rings is 1. The molecule has 1 heterocycles. The molecule has 3 rings (SSSR count). The summed E-state index contributed by atoms with van der Waals surface area (Å²) in [6.07, 6.45) is 4.91. The first-order valence-corrected chi connectivity index (χ1v) is 7.61. The average molecular weight is 310 g/mol. The van der Waals surface area contributed by atoms with E-state index in [0.717, 1.165) is 17.1 Å². The third kappa shape index (κ3) is 2.29. The maximum absolute atomic E-state index is 6.26. The predicted molar refractivity (Wildman–Crippen MR) is 84.3 cm³/mol. The van der Waals surface area contributed by atoms with Crippen molar-refractivity contribution in [3.63, 3.8) is 0 Å². The number of aromatic nitrogens is 2. The molecular formula is C15H17Cl2N3. The number of rotatable bonds is 2. The summed E-state index contributed by atoms with van der Waals surface area (Å²) in [4.78, 5) is 4.76. The van der Waals surface area contributed by atoms with Crippen molar-refractivity contribution in [2.75, 3.05) is 5.73 Å². The Bertz CT molecular complexity index is 643. The number of nitrogens with zero attached hydrogens (tertiary/aromatic N) is 2. The lowest BCUT2D eigenvalue weighted by Crippen LogP contribution is -2.05. The summed E-state index contributed by atoms with van der Waals surface area (Å²) in [6, 6.07) is 5.37. The Morgan fingerprint density at radius 2 is 1.95 bits per heavy atom. The first kappa shape index (κ1) is 13.8. The molecule has 2 N–H and O–H groups in total. The molecule has 0 atom stereocenters. The molecule has 0 radical (unpaired) electrons. The lowest BCUT2D eigenvalue weighted by Gasteiger charge is -2.08. The summed E-state index contributed by atoms with van der Waals surface area (Å²) in [5.74, 6) is 2.22. The zero-order valence-electron chi connectivity index (χ0n) is 11.4. The fourth-order valence-corrected chi connectivity index (χ4v) is 3.33. The molecule has 20 heavy (non-hydrogen) atoms. The molecule has 1 aromatic heterocycles. The van der Waals surface area contributed by atoms with Crippen molar-refractivity contribution in [1.29, 1.82) is 0 Å². The molecule has 0 amide bonds. The van der Waals surface area contributed by atoms with Crippen molar-refractivity contribution < 1.29 is 0 Å². The molecule has 2 aromatic rings. The van der Waals surface area contributed by atoms with Crippen LogP contribution in [-0.2, 0) is 7.05 Å². The van der Waals surface area contributed by atoms with Crippen LogP contribution in [0.15, 0.2) is 18.2 Å². The minimum Gasteiger partial charge on any atom is -0.383 e. The van der Waals surface area contributed by atoms with Crippen molar-refractivity contribution in [3.8, 4) is 11.3 Å². The van der Waals surface area contributed by atoms with Gasteiger partial charge in [0.2, 0.25) is 0 Å². The molecule has 0 unspecified atom stereocenters.